The van der Waals surface area contributed by atoms with E-state index in [2.05, 4.69) is 12.2 Å². The molecule has 1 aromatic rings. The van der Waals surface area contributed by atoms with Crippen molar-refractivity contribution in [2.24, 2.45) is 0 Å². The van der Waals surface area contributed by atoms with Gasteiger partial charge in [0, 0.05) is 26.7 Å². The number of benzene rings is 1. The number of hydrogen-bond donors (Lipinski definition) is 1. The third-order valence-corrected chi connectivity index (χ3v) is 3.02. The summed E-state index contributed by atoms with van der Waals surface area (Å²) < 4.78 is 13.5. The molecule has 1 saturated heterocycles. The zero-order chi connectivity index (χ0) is 11.5. The van der Waals surface area contributed by atoms with E-state index in [0.717, 1.165) is 19.6 Å². The first-order valence-corrected chi connectivity index (χ1v) is 5.52. The van der Waals surface area contributed by atoms with Gasteiger partial charge < -0.3 is 10.2 Å². The monoisotopic (exact) mass is 220 g/mol. The number of rotatable bonds is 3. The van der Waals surface area contributed by atoms with E-state index in [1.165, 1.54) is 17.2 Å². The van der Waals surface area contributed by atoms with E-state index in [1.807, 2.05) is 24.1 Å². The van der Waals surface area contributed by atoms with Gasteiger partial charge in [0.2, 0.25) is 0 Å². The second-order valence-corrected chi connectivity index (χ2v) is 4.29. The molecule has 0 bridgehead atoms. The summed E-state index contributed by atoms with van der Waals surface area (Å²) >= 11 is 0. The molecule has 1 N–H and O–H groups in total. The number of anilines is 1. The highest BCUT2D eigenvalue weighted by Crippen LogP contribution is 2.19. The maximum absolute atomic E-state index is 13.5. The van der Waals surface area contributed by atoms with Crippen LogP contribution in [0.15, 0.2) is 35.4 Å². The first-order chi connectivity index (χ1) is 7.68. The van der Waals surface area contributed by atoms with E-state index < -0.39 is 0 Å². The third kappa shape index (κ3) is 2.25. The molecule has 1 aromatic carbocycles. The molecule has 0 amide bonds. The summed E-state index contributed by atoms with van der Waals surface area (Å²) in [7, 11) is 1.93. The SMILES string of the molecule is CC(CN(C)c1ccccc1F)=C1CNC1. The summed E-state index contributed by atoms with van der Waals surface area (Å²) in [5.41, 5.74) is 3.45. The summed E-state index contributed by atoms with van der Waals surface area (Å²) in [6.45, 7) is 4.87. The maximum atomic E-state index is 13.5. The number of halogens is 1. The zero-order valence-corrected chi connectivity index (χ0v) is 9.76. The fourth-order valence-electron chi connectivity index (χ4n) is 1.87. The molecular weight excluding hydrogens is 203 g/mol. The average Bonchev–Trinajstić information content (AvgIpc) is 2.15. The smallest absolute Gasteiger partial charge is 0.146 e. The molecule has 0 aliphatic carbocycles. The Morgan fingerprint density at radius 3 is 2.62 bits per heavy atom. The molecule has 0 unspecified atom stereocenters. The van der Waals surface area contributed by atoms with Crippen molar-refractivity contribution >= 4 is 5.69 Å². The summed E-state index contributed by atoms with van der Waals surface area (Å²) in [4.78, 5) is 1.95. The van der Waals surface area contributed by atoms with E-state index >= 15 is 0 Å². The molecule has 1 aliphatic heterocycles. The van der Waals surface area contributed by atoms with Crippen molar-refractivity contribution in [2.75, 3.05) is 31.6 Å². The number of para-hydroxylation sites is 1. The normalized spacial score (nSPS) is 14.6. The quantitative estimate of drug-likeness (QED) is 0.785. The molecule has 0 radical (unpaired) electrons. The summed E-state index contributed by atoms with van der Waals surface area (Å²) in [6, 6.07) is 6.89. The van der Waals surface area contributed by atoms with Gasteiger partial charge in [-0.05, 0) is 24.6 Å². The molecule has 0 atom stereocenters. The van der Waals surface area contributed by atoms with Gasteiger partial charge in [0.25, 0.3) is 0 Å². The molecule has 0 saturated carbocycles. The van der Waals surface area contributed by atoms with Crippen LogP contribution in [-0.4, -0.2) is 26.7 Å². The lowest BCUT2D eigenvalue weighted by molar-refractivity contribution is 0.622. The largest absolute Gasteiger partial charge is 0.368 e. The molecule has 2 rings (SSSR count). The highest BCUT2D eigenvalue weighted by molar-refractivity contribution is 5.48. The number of likely N-dealkylation sites (N-methyl/N-ethyl adjacent to an activating group) is 1. The Morgan fingerprint density at radius 1 is 1.38 bits per heavy atom. The van der Waals surface area contributed by atoms with Crippen LogP contribution < -0.4 is 10.2 Å². The lowest BCUT2D eigenvalue weighted by Crippen LogP contribution is -2.36. The van der Waals surface area contributed by atoms with E-state index in [1.54, 1.807) is 6.07 Å². The van der Waals surface area contributed by atoms with Crippen molar-refractivity contribution in [2.45, 2.75) is 6.92 Å². The van der Waals surface area contributed by atoms with Crippen LogP contribution in [0.25, 0.3) is 0 Å². The molecule has 1 fully saturated rings. The average molecular weight is 220 g/mol. The fourth-order valence-corrected chi connectivity index (χ4v) is 1.87. The van der Waals surface area contributed by atoms with Crippen LogP contribution in [0.5, 0.6) is 0 Å². The predicted octanol–water partition coefficient (Wildman–Crippen LogP) is 2.18. The summed E-state index contributed by atoms with van der Waals surface area (Å²) in [6.07, 6.45) is 0. The Balaban J connectivity index is 2.08. The van der Waals surface area contributed by atoms with Gasteiger partial charge in [-0.3, -0.25) is 0 Å². The number of hydrogen-bond acceptors (Lipinski definition) is 2. The Bertz CT molecular complexity index is 406. The van der Waals surface area contributed by atoms with Crippen molar-refractivity contribution in [3.8, 4) is 0 Å². The molecule has 86 valence electrons. The van der Waals surface area contributed by atoms with Crippen molar-refractivity contribution in [1.82, 2.24) is 5.32 Å². The Labute approximate surface area is 95.8 Å². The molecular formula is C13H17FN2. The van der Waals surface area contributed by atoms with Crippen LogP contribution in [0, 0.1) is 5.82 Å². The number of nitrogens with zero attached hydrogens (tertiary/aromatic N) is 1. The fraction of sp³-hybridized carbons (Fsp3) is 0.385. The molecule has 3 heteroatoms. The molecule has 16 heavy (non-hydrogen) atoms. The minimum atomic E-state index is -0.158. The molecule has 1 aliphatic rings. The van der Waals surface area contributed by atoms with Crippen LogP contribution in [0.4, 0.5) is 10.1 Å². The third-order valence-electron chi connectivity index (χ3n) is 3.02. The van der Waals surface area contributed by atoms with Crippen LogP contribution in [0.1, 0.15) is 6.92 Å². The van der Waals surface area contributed by atoms with E-state index in [4.69, 9.17) is 0 Å². The minimum absolute atomic E-state index is 0.158. The molecule has 0 aromatic heterocycles. The summed E-state index contributed by atoms with van der Waals surface area (Å²) in [5.74, 6) is -0.158. The lowest BCUT2D eigenvalue weighted by atomic mass is 10.0. The van der Waals surface area contributed by atoms with Crippen molar-refractivity contribution in [1.29, 1.82) is 0 Å². The molecule has 1 heterocycles. The topological polar surface area (TPSA) is 15.3 Å². The molecule has 0 spiro atoms. The highest BCUT2D eigenvalue weighted by Gasteiger charge is 2.13. The zero-order valence-electron chi connectivity index (χ0n) is 9.76. The summed E-state index contributed by atoms with van der Waals surface area (Å²) in [5, 5.41) is 3.22. The van der Waals surface area contributed by atoms with E-state index in [0.29, 0.717) is 5.69 Å². The second kappa shape index (κ2) is 4.66. The predicted molar refractivity (Wildman–Crippen MR) is 65.2 cm³/mol. The maximum Gasteiger partial charge on any atom is 0.146 e. The van der Waals surface area contributed by atoms with Gasteiger partial charge in [-0.2, -0.15) is 0 Å². The second-order valence-electron chi connectivity index (χ2n) is 4.29. The lowest BCUT2D eigenvalue weighted by Gasteiger charge is -2.26. The van der Waals surface area contributed by atoms with Crippen LogP contribution in [0.2, 0.25) is 0 Å². The Hall–Kier alpha value is -1.35. The van der Waals surface area contributed by atoms with Crippen LogP contribution in [-0.2, 0) is 0 Å². The van der Waals surface area contributed by atoms with E-state index in [-0.39, 0.29) is 5.82 Å². The van der Waals surface area contributed by atoms with Gasteiger partial charge in [-0.1, -0.05) is 17.7 Å². The first-order valence-electron chi connectivity index (χ1n) is 5.52. The van der Waals surface area contributed by atoms with Crippen LogP contribution >= 0.6 is 0 Å². The Morgan fingerprint density at radius 2 is 2.06 bits per heavy atom. The standard InChI is InChI=1S/C13H17FN2/c1-10(11-7-15-8-11)9-16(2)13-6-4-3-5-12(13)14/h3-6,15H,7-9H2,1-2H3. The first kappa shape index (κ1) is 11.1. The van der Waals surface area contributed by atoms with Gasteiger partial charge in [-0.25, -0.2) is 4.39 Å². The van der Waals surface area contributed by atoms with Crippen molar-refractivity contribution < 1.29 is 4.39 Å². The Kier molecular flexibility index (Phi) is 3.25. The number of nitrogens with one attached hydrogen (secondary N) is 1. The van der Waals surface area contributed by atoms with E-state index in [9.17, 15) is 4.39 Å². The van der Waals surface area contributed by atoms with Gasteiger partial charge in [0.05, 0.1) is 5.69 Å². The van der Waals surface area contributed by atoms with Gasteiger partial charge in [0.1, 0.15) is 5.82 Å². The van der Waals surface area contributed by atoms with Crippen LogP contribution in [0.3, 0.4) is 0 Å². The molecule has 2 nitrogen and oxygen atoms in total. The minimum Gasteiger partial charge on any atom is -0.368 e. The van der Waals surface area contributed by atoms with Crippen molar-refractivity contribution in [3.05, 3.63) is 41.2 Å². The van der Waals surface area contributed by atoms with Crippen molar-refractivity contribution in [3.63, 3.8) is 0 Å². The van der Waals surface area contributed by atoms with Gasteiger partial charge >= 0.3 is 0 Å². The van der Waals surface area contributed by atoms with Gasteiger partial charge in [0.15, 0.2) is 0 Å². The highest BCUT2D eigenvalue weighted by atomic mass is 19.1. The van der Waals surface area contributed by atoms with Gasteiger partial charge in [-0.15, -0.1) is 0 Å².